The summed E-state index contributed by atoms with van der Waals surface area (Å²) in [6, 6.07) is 13.1. The van der Waals surface area contributed by atoms with Crippen molar-refractivity contribution in [2.45, 2.75) is 45.3 Å². The van der Waals surface area contributed by atoms with Crippen LogP contribution in [0.5, 0.6) is 5.75 Å². The quantitative estimate of drug-likeness (QED) is 0.659. The molecule has 0 aromatic heterocycles. The van der Waals surface area contributed by atoms with E-state index in [9.17, 15) is 4.79 Å². The first-order valence-corrected chi connectivity index (χ1v) is 8.41. The molecule has 0 atom stereocenters. The molecule has 0 bridgehead atoms. The lowest BCUT2D eigenvalue weighted by Crippen LogP contribution is -2.15. The van der Waals surface area contributed by atoms with Crippen LogP contribution in [-0.2, 0) is 11.3 Å². The molecule has 4 nitrogen and oxygen atoms in total. The maximum atomic E-state index is 12.3. The van der Waals surface area contributed by atoms with Crippen molar-refractivity contribution in [2.75, 3.05) is 5.73 Å². The summed E-state index contributed by atoms with van der Waals surface area (Å²) in [7, 11) is 0. The van der Waals surface area contributed by atoms with E-state index >= 15 is 0 Å². The Labute approximate surface area is 142 Å². The molecule has 1 aliphatic carbocycles. The molecule has 24 heavy (non-hydrogen) atoms. The predicted molar refractivity (Wildman–Crippen MR) is 94.0 cm³/mol. The normalized spacial score (nSPS) is 14.5. The maximum Gasteiger partial charge on any atom is 0.338 e. The lowest BCUT2D eigenvalue weighted by atomic mass is 10.1. The van der Waals surface area contributed by atoms with E-state index in [-0.39, 0.29) is 12.1 Å². The van der Waals surface area contributed by atoms with Crippen LogP contribution in [-0.4, -0.2) is 12.1 Å². The summed E-state index contributed by atoms with van der Waals surface area (Å²) in [6.45, 7) is 2.45. The summed E-state index contributed by atoms with van der Waals surface area (Å²) in [5.74, 6) is 0.210. The van der Waals surface area contributed by atoms with Crippen molar-refractivity contribution in [1.82, 2.24) is 0 Å². The highest BCUT2D eigenvalue weighted by Gasteiger charge is 2.20. The number of nitrogens with two attached hydrogens (primary N) is 1. The van der Waals surface area contributed by atoms with Crippen LogP contribution in [0.15, 0.2) is 42.5 Å². The van der Waals surface area contributed by atoms with Gasteiger partial charge in [-0.15, -0.1) is 0 Å². The van der Waals surface area contributed by atoms with Gasteiger partial charge in [0.1, 0.15) is 18.5 Å². The van der Waals surface area contributed by atoms with E-state index < -0.39 is 0 Å². The number of rotatable bonds is 5. The lowest BCUT2D eigenvalue weighted by molar-refractivity contribution is 0.0317. The predicted octanol–water partition coefficient (Wildman–Crippen LogP) is 4.26. The highest BCUT2D eigenvalue weighted by atomic mass is 16.5. The molecule has 1 saturated carbocycles. The molecule has 0 amide bonds. The first-order valence-electron chi connectivity index (χ1n) is 8.41. The minimum absolute atomic E-state index is 0.0476. The zero-order chi connectivity index (χ0) is 16.9. The molecule has 0 heterocycles. The largest absolute Gasteiger partial charge is 0.487 e. The van der Waals surface area contributed by atoms with E-state index in [1.807, 2.05) is 31.2 Å². The van der Waals surface area contributed by atoms with Gasteiger partial charge < -0.3 is 15.2 Å². The molecule has 0 radical (unpaired) electrons. The fourth-order valence-electron chi connectivity index (χ4n) is 2.94. The van der Waals surface area contributed by atoms with Crippen LogP contribution in [0.2, 0.25) is 0 Å². The number of benzene rings is 2. The number of anilines is 1. The molecule has 3 rings (SSSR count). The van der Waals surface area contributed by atoms with Gasteiger partial charge in [-0.05, 0) is 61.9 Å². The molecule has 1 fully saturated rings. The first-order chi connectivity index (χ1) is 11.6. The van der Waals surface area contributed by atoms with E-state index in [0.717, 1.165) is 36.8 Å². The Morgan fingerprint density at radius 1 is 1.17 bits per heavy atom. The van der Waals surface area contributed by atoms with Gasteiger partial charge in [-0.2, -0.15) is 0 Å². The minimum Gasteiger partial charge on any atom is -0.487 e. The van der Waals surface area contributed by atoms with Crippen LogP contribution < -0.4 is 10.5 Å². The van der Waals surface area contributed by atoms with Gasteiger partial charge >= 0.3 is 5.97 Å². The Morgan fingerprint density at radius 3 is 2.67 bits per heavy atom. The Morgan fingerprint density at radius 2 is 1.92 bits per heavy atom. The van der Waals surface area contributed by atoms with Crippen molar-refractivity contribution in [3.05, 3.63) is 59.2 Å². The molecule has 4 heteroatoms. The fourth-order valence-corrected chi connectivity index (χ4v) is 2.94. The minimum atomic E-state index is -0.303. The third-order valence-electron chi connectivity index (χ3n) is 4.47. The summed E-state index contributed by atoms with van der Waals surface area (Å²) >= 11 is 0. The number of ether oxygens (including phenoxy) is 2. The van der Waals surface area contributed by atoms with Gasteiger partial charge in [0.25, 0.3) is 0 Å². The number of hydrogen-bond donors (Lipinski definition) is 1. The van der Waals surface area contributed by atoms with Crippen molar-refractivity contribution < 1.29 is 14.3 Å². The smallest absolute Gasteiger partial charge is 0.338 e. The van der Waals surface area contributed by atoms with E-state index in [1.165, 1.54) is 0 Å². The van der Waals surface area contributed by atoms with E-state index in [2.05, 4.69) is 0 Å². The third kappa shape index (κ3) is 3.88. The molecular weight excluding hydrogens is 302 g/mol. The molecule has 0 saturated heterocycles. The average Bonchev–Trinajstić information content (AvgIpc) is 3.08. The van der Waals surface area contributed by atoms with E-state index in [1.54, 1.807) is 18.2 Å². The summed E-state index contributed by atoms with van der Waals surface area (Å²) in [5.41, 5.74) is 9.23. The van der Waals surface area contributed by atoms with Crippen LogP contribution in [0.3, 0.4) is 0 Å². The standard InChI is InChI=1S/C20H23NO3/c1-14-6-2-3-7-16(14)13-23-19-12-15(10-11-18(19)21)20(22)24-17-8-4-5-9-17/h2-3,6-7,10-12,17H,4-5,8-9,13,21H2,1H3. The van der Waals surface area contributed by atoms with Gasteiger partial charge in [0.2, 0.25) is 0 Å². The molecule has 0 unspecified atom stereocenters. The van der Waals surface area contributed by atoms with Gasteiger partial charge in [-0.25, -0.2) is 4.79 Å². The number of carbonyl (C=O) groups excluding carboxylic acids is 1. The lowest BCUT2D eigenvalue weighted by Gasteiger charge is -2.14. The van der Waals surface area contributed by atoms with Gasteiger partial charge in [0, 0.05) is 0 Å². The third-order valence-corrected chi connectivity index (χ3v) is 4.47. The van der Waals surface area contributed by atoms with Crippen LogP contribution in [0.4, 0.5) is 5.69 Å². The number of nitrogen functional groups attached to an aromatic ring is 1. The zero-order valence-electron chi connectivity index (χ0n) is 14.0. The number of aryl methyl sites for hydroxylation is 1. The second kappa shape index (κ2) is 7.39. The summed E-state index contributed by atoms with van der Waals surface area (Å²) in [6.07, 6.45) is 4.22. The summed E-state index contributed by atoms with van der Waals surface area (Å²) in [5, 5.41) is 0. The van der Waals surface area contributed by atoms with Crippen molar-refractivity contribution in [3.63, 3.8) is 0 Å². The fraction of sp³-hybridized carbons (Fsp3) is 0.350. The van der Waals surface area contributed by atoms with Crippen LogP contribution in [0.1, 0.15) is 47.2 Å². The van der Waals surface area contributed by atoms with Crippen molar-refractivity contribution in [1.29, 1.82) is 0 Å². The molecule has 126 valence electrons. The van der Waals surface area contributed by atoms with Gasteiger partial charge in [0.05, 0.1) is 11.3 Å². The molecule has 2 aromatic carbocycles. The topological polar surface area (TPSA) is 61.5 Å². The molecular formula is C20H23NO3. The summed E-state index contributed by atoms with van der Waals surface area (Å²) in [4.78, 5) is 12.3. The molecule has 1 aliphatic rings. The highest BCUT2D eigenvalue weighted by Crippen LogP contribution is 2.26. The molecule has 2 N–H and O–H groups in total. The van der Waals surface area contributed by atoms with Crippen LogP contribution in [0, 0.1) is 6.92 Å². The monoisotopic (exact) mass is 325 g/mol. The van der Waals surface area contributed by atoms with Crippen molar-refractivity contribution in [3.8, 4) is 5.75 Å². The van der Waals surface area contributed by atoms with Crippen molar-refractivity contribution in [2.24, 2.45) is 0 Å². The zero-order valence-corrected chi connectivity index (χ0v) is 14.0. The Kier molecular flexibility index (Phi) is 5.04. The second-order valence-electron chi connectivity index (χ2n) is 6.28. The highest BCUT2D eigenvalue weighted by molar-refractivity contribution is 5.90. The first kappa shape index (κ1) is 16.4. The van der Waals surface area contributed by atoms with Crippen LogP contribution >= 0.6 is 0 Å². The molecule has 2 aromatic rings. The Bertz CT molecular complexity index is 721. The number of carbonyl (C=O) groups is 1. The summed E-state index contributed by atoms with van der Waals surface area (Å²) < 4.78 is 11.4. The van der Waals surface area contributed by atoms with E-state index in [4.69, 9.17) is 15.2 Å². The Hall–Kier alpha value is -2.49. The molecule has 0 aliphatic heterocycles. The number of esters is 1. The SMILES string of the molecule is Cc1ccccc1COc1cc(C(=O)OC2CCCC2)ccc1N. The Balaban J connectivity index is 1.69. The average molecular weight is 325 g/mol. The van der Waals surface area contributed by atoms with Gasteiger partial charge in [0.15, 0.2) is 0 Å². The van der Waals surface area contributed by atoms with Gasteiger partial charge in [-0.1, -0.05) is 24.3 Å². The maximum absolute atomic E-state index is 12.3. The van der Waals surface area contributed by atoms with Crippen molar-refractivity contribution >= 4 is 11.7 Å². The molecule has 0 spiro atoms. The van der Waals surface area contributed by atoms with Gasteiger partial charge in [-0.3, -0.25) is 0 Å². The van der Waals surface area contributed by atoms with E-state index in [0.29, 0.717) is 23.6 Å². The number of hydrogen-bond acceptors (Lipinski definition) is 4. The van der Waals surface area contributed by atoms with Crippen LogP contribution in [0.25, 0.3) is 0 Å². The second-order valence-corrected chi connectivity index (χ2v) is 6.28.